The summed E-state index contributed by atoms with van der Waals surface area (Å²) in [7, 11) is 1.44. The predicted molar refractivity (Wildman–Crippen MR) is 134 cm³/mol. The van der Waals surface area contributed by atoms with Gasteiger partial charge < -0.3 is 15.4 Å². The summed E-state index contributed by atoms with van der Waals surface area (Å²) in [6.07, 6.45) is 7.48. The summed E-state index contributed by atoms with van der Waals surface area (Å²) in [4.78, 5) is 13.8. The Bertz CT molecular complexity index is 905. The van der Waals surface area contributed by atoms with E-state index < -0.39 is 0 Å². The highest BCUT2D eigenvalue weighted by atomic mass is 32.1. The SMILES string of the molecule is CCC(C)c1ccc(C(CC)NC(=S)Nc2sc3c(c2C(=O)OC)CCCCC3)cc1. The minimum Gasteiger partial charge on any atom is -0.465 e. The van der Waals surface area contributed by atoms with Crippen molar-refractivity contribution in [1.29, 1.82) is 0 Å². The first kappa shape index (κ1) is 23.7. The molecule has 2 atom stereocenters. The van der Waals surface area contributed by atoms with Crippen molar-refractivity contribution in [3.05, 3.63) is 51.4 Å². The van der Waals surface area contributed by atoms with Crippen molar-refractivity contribution in [2.45, 2.75) is 77.7 Å². The number of aryl methyl sites for hydroxylation is 1. The van der Waals surface area contributed by atoms with Crippen LogP contribution in [0.3, 0.4) is 0 Å². The van der Waals surface area contributed by atoms with Gasteiger partial charge in [-0.15, -0.1) is 11.3 Å². The maximum atomic E-state index is 12.6. The van der Waals surface area contributed by atoms with Crippen molar-refractivity contribution in [3.8, 4) is 0 Å². The van der Waals surface area contributed by atoms with Gasteiger partial charge in [-0.1, -0.05) is 51.5 Å². The number of hydrogen-bond acceptors (Lipinski definition) is 4. The average molecular weight is 459 g/mol. The molecule has 0 radical (unpaired) electrons. The number of thiocarbonyl (C=S) groups is 1. The first-order chi connectivity index (χ1) is 15.0. The van der Waals surface area contributed by atoms with Crippen molar-refractivity contribution < 1.29 is 9.53 Å². The van der Waals surface area contributed by atoms with Crippen LogP contribution < -0.4 is 10.6 Å². The molecule has 1 aliphatic carbocycles. The number of hydrogen-bond donors (Lipinski definition) is 2. The molecule has 4 nitrogen and oxygen atoms in total. The molecule has 2 N–H and O–H groups in total. The Balaban J connectivity index is 1.75. The van der Waals surface area contributed by atoms with Crippen molar-refractivity contribution in [3.63, 3.8) is 0 Å². The summed E-state index contributed by atoms with van der Waals surface area (Å²) in [5, 5.41) is 8.11. The van der Waals surface area contributed by atoms with E-state index in [-0.39, 0.29) is 12.0 Å². The standard InChI is InChI=1S/C25H34N2O2S2/c1-5-16(3)17-12-14-18(15-13-17)20(6-2)26-25(30)27-23-22(24(28)29-4)19-10-8-7-9-11-21(19)31-23/h12-16,20H,5-11H2,1-4H3,(H2,26,27,30). The molecular weight excluding hydrogens is 424 g/mol. The number of thiophene rings is 1. The molecule has 6 heteroatoms. The number of carbonyl (C=O) groups is 1. The summed E-state index contributed by atoms with van der Waals surface area (Å²) in [5.74, 6) is 0.285. The lowest BCUT2D eigenvalue weighted by molar-refractivity contribution is 0.0601. The normalized spacial score (nSPS) is 15.4. The molecule has 1 heterocycles. The van der Waals surface area contributed by atoms with Crippen LogP contribution in [0.2, 0.25) is 0 Å². The molecule has 2 aromatic rings. The second-order valence-corrected chi connectivity index (χ2v) is 9.81. The third kappa shape index (κ3) is 5.66. The Kier molecular flexibility index (Phi) is 8.50. The van der Waals surface area contributed by atoms with Crippen LogP contribution in [-0.4, -0.2) is 18.2 Å². The van der Waals surface area contributed by atoms with Crippen molar-refractivity contribution in [2.24, 2.45) is 0 Å². The number of fused-ring (bicyclic) bond motifs is 1. The Hall–Kier alpha value is -1.92. The number of esters is 1. The van der Waals surface area contributed by atoms with E-state index in [1.54, 1.807) is 11.3 Å². The van der Waals surface area contributed by atoms with Crippen LogP contribution in [0.5, 0.6) is 0 Å². The zero-order valence-corrected chi connectivity index (χ0v) is 20.7. The summed E-state index contributed by atoms with van der Waals surface area (Å²) in [6.45, 7) is 6.62. The van der Waals surface area contributed by atoms with E-state index in [4.69, 9.17) is 17.0 Å². The minimum absolute atomic E-state index is 0.116. The van der Waals surface area contributed by atoms with Crippen LogP contribution >= 0.6 is 23.6 Å². The van der Waals surface area contributed by atoms with E-state index in [2.05, 4.69) is 55.7 Å². The molecule has 0 amide bonds. The average Bonchev–Trinajstić information content (AvgIpc) is 2.96. The Morgan fingerprint density at radius 2 is 1.77 bits per heavy atom. The molecule has 0 bridgehead atoms. The number of anilines is 1. The number of rotatable bonds is 7. The van der Waals surface area contributed by atoms with Crippen LogP contribution in [0, 0.1) is 0 Å². The van der Waals surface area contributed by atoms with Gasteiger partial charge in [0.05, 0.1) is 18.7 Å². The number of benzene rings is 1. The molecule has 0 aliphatic heterocycles. The third-order valence-electron chi connectivity index (χ3n) is 6.27. The fourth-order valence-corrected chi connectivity index (χ4v) is 5.75. The Labute approximate surface area is 195 Å². The van der Waals surface area contributed by atoms with Crippen LogP contribution in [0.1, 0.15) is 96.8 Å². The van der Waals surface area contributed by atoms with E-state index in [0.29, 0.717) is 16.6 Å². The lowest BCUT2D eigenvalue weighted by Gasteiger charge is -2.21. The molecule has 2 unspecified atom stereocenters. The smallest absolute Gasteiger partial charge is 0.341 e. The molecule has 0 saturated heterocycles. The lowest BCUT2D eigenvalue weighted by Crippen LogP contribution is -2.32. The van der Waals surface area contributed by atoms with Gasteiger partial charge in [-0.3, -0.25) is 0 Å². The molecule has 168 valence electrons. The number of carbonyl (C=O) groups excluding carboxylic acids is 1. The molecule has 31 heavy (non-hydrogen) atoms. The topological polar surface area (TPSA) is 50.4 Å². The first-order valence-corrected chi connectivity index (χ1v) is 12.6. The van der Waals surface area contributed by atoms with E-state index in [0.717, 1.165) is 42.7 Å². The maximum absolute atomic E-state index is 12.6. The van der Waals surface area contributed by atoms with Crippen LogP contribution in [0.4, 0.5) is 5.00 Å². The van der Waals surface area contributed by atoms with Crippen molar-refractivity contribution >= 4 is 39.6 Å². The minimum atomic E-state index is -0.280. The van der Waals surface area contributed by atoms with E-state index in [1.807, 2.05) is 0 Å². The van der Waals surface area contributed by atoms with Gasteiger partial charge in [0.15, 0.2) is 5.11 Å². The van der Waals surface area contributed by atoms with Crippen molar-refractivity contribution in [2.75, 3.05) is 12.4 Å². The highest BCUT2D eigenvalue weighted by Crippen LogP contribution is 2.38. The van der Waals surface area contributed by atoms with E-state index in [1.165, 1.54) is 36.0 Å². The quantitative estimate of drug-likeness (QED) is 0.273. The van der Waals surface area contributed by atoms with Gasteiger partial charge in [0, 0.05) is 4.88 Å². The summed E-state index contributed by atoms with van der Waals surface area (Å²) < 4.78 is 5.10. The van der Waals surface area contributed by atoms with Gasteiger partial charge in [-0.25, -0.2) is 4.79 Å². The highest BCUT2D eigenvalue weighted by Gasteiger charge is 2.26. The molecule has 1 aromatic heterocycles. The fourth-order valence-electron chi connectivity index (χ4n) is 4.16. The number of methoxy groups -OCH3 is 1. The van der Waals surface area contributed by atoms with Crippen LogP contribution in [0.15, 0.2) is 24.3 Å². The first-order valence-electron chi connectivity index (χ1n) is 11.4. The highest BCUT2D eigenvalue weighted by molar-refractivity contribution is 7.80. The molecule has 1 aromatic carbocycles. The molecule has 0 saturated carbocycles. The van der Waals surface area contributed by atoms with E-state index in [9.17, 15) is 4.79 Å². The monoisotopic (exact) mass is 458 g/mol. The fraction of sp³-hybridized carbons (Fsp3) is 0.520. The molecular formula is C25H34N2O2S2. The maximum Gasteiger partial charge on any atom is 0.341 e. The summed E-state index contributed by atoms with van der Waals surface area (Å²) in [6, 6.07) is 8.94. The summed E-state index contributed by atoms with van der Waals surface area (Å²) >= 11 is 7.29. The van der Waals surface area contributed by atoms with Crippen LogP contribution in [-0.2, 0) is 17.6 Å². The number of nitrogens with one attached hydrogen (secondary N) is 2. The second-order valence-electron chi connectivity index (χ2n) is 8.30. The Morgan fingerprint density at radius 3 is 2.42 bits per heavy atom. The second kappa shape index (κ2) is 11.1. The number of ether oxygens (including phenoxy) is 1. The molecule has 1 aliphatic rings. The van der Waals surface area contributed by atoms with Gasteiger partial charge >= 0.3 is 5.97 Å². The van der Waals surface area contributed by atoms with Gasteiger partial charge in [-0.05, 0) is 73.4 Å². The summed E-state index contributed by atoms with van der Waals surface area (Å²) in [5.41, 5.74) is 4.39. The zero-order chi connectivity index (χ0) is 22.4. The predicted octanol–water partition coefficient (Wildman–Crippen LogP) is 6.75. The zero-order valence-electron chi connectivity index (χ0n) is 19.0. The largest absolute Gasteiger partial charge is 0.465 e. The van der Waals surface area contributed by atoms with Crippen LogP contribution in [0.25, 0.3) is 0 Å². The molecule has 3 rings (SSSR count). The van der Waals surface area contributed by atoms with Gasteiger partial charge in [0.25, 0.3) is 0 Å². The third-order valence-corrected chi connectivity index (χ3v) is 7.70. The Morgan fingerprint density at radius 1 is 1.10 bits per heavy atom. The van der Waals surface area contributed by atoms with Gasteiger partial charge in [0.2, 0.25) is 0 Å². The van der Waals surface area contributed by atoms with Crippen molar-refractivity contribution in [1.82, 2.24) is 5.32 Å². The van der Waals surface area contributed by atoms with E-state index >= 15 is 0 Å². The molecule has 0 fully saturated rings. The van der Waals surface area contributed by atoms with Gasteiger partial charge in [0.1, 0.15) is 5.00 Å². The molecule has 0 spiro atoms. The lowest BCUT2D eigenvalue weighted by atomic mass is 9.95. The van der Waals surface area contributed by atoms with Gasteiger partial charge in [-0.2, -0.15) is 0 Å².